The zero-order valence-corrected chi connectivity index (χ0v) is 25.6. The molecule has 0 unspecified atom stereocenters. The fourth-order valence-corrected chi connectivity index (χ4v) is 6.98. The third-order valence-corrected chi connectivity index (χ3v) is 9.43. The molecule has 228 valence electrons. The largest absolute Gasteiger partial charge is 0.504 e. The Kier molecular flexibility index (Phi) is 7.26. The van der Waals surface area contributed by atoms with Gasteiger partial charge in [-0.2, -0.15) is 0 Å². The topological polar surface area (TPSA) is 83.9 Å². The highest BCUT2D eigenvalue weighted by atomic mass is 16.5. The lowest BCUT2D eigenvalue weighted by Crippen LogP contribution is -2.34. The van der Waals surface area contributed by atoms with Crippen LogP contribution in [0.2, 0.25) is 0 Å². The SMILES string of the molecule is COc1cc2c3cc1Oc1c(O)c(OC)cc4c1[C@H](Cc1cccc(c1)Oc1cc(ccc1O)C[C@H]3N(C)CC2)N(C)CC4. The van der Waals surface area contributed by atoms with Gasteiger partial charge in [0.2, 0.25) is 5.75 Å². The highest BCUT2D eigenvalue weighted by Crippen LogP contribution is 2.51. The Labute approximate surface area is 258 Å². The molecule has 4 aromatic carbocycles. The molecule has 0 fully saturated rings. The molecule has 7 rings (SSSR count). The number of aromatic hydroxyl groups is 2. The number of ether oxygens (including phenoxy) is 4. The van der Waals surface area contributed by atoms with Gasteiger partial charge in [0.05, 0.1) is 14.2 Å². The highest BCUT2D eigenvalue weighted by Gasteiger charge is 2.34. The van der Waals surface area contributed by atoms with Gasteiger partial charge in [0, 0.05) is 30.7 Å². The molecule has 0 amide bonds. The van der Waals surface area contributed by atoms with E-state index in [1.807, 2.05) is 36.4 Å². The average Bonchev–Trinajstić information content (AvgIpc) is 3.02. The number of hydrogen-bond acceptors (Lipinski definition) is 8. The number of methoxy groups -OCH3 is 2. The number of hydrogen-bond donors (Lipinski definition) is 2. The zero-order chi connectivity index (χ0) is 30.5. The number of likely N-dealkylation sites (N-methyl/N-ethyl adjacent to an activating group) is 2. The Morgan fingerprint density at radius 1 is 0.727 bits per heavy atom. The summed E-state index contributed by atoms with van der Waals surface area (Å²) in [6.07, 6.45) is 3.04. The normalized spacial score (nSPS) is 19.6. The van der Waals surface area contributed by atoms with Crippen molar-refractivity contribution in [3.63, 3.8) is 0 Å². The molecule has 6 bridgehead atoms. The summed E-state index contributed by atoms with van der Waals surface area (Å²) in [5.41, 5.74) is 6.47. The van der Waals surface area contributed by atoms with Crippen LogP contribution in [0.5, 0.6) is 46.0 Å². The number of benzene rings is 4. The quantitative estimate of drug-likeness (QED) is 0.270. The second-order valence-electron chi connectivity index (χ2n) is 12.1. The molecule has 44 heavy (non-hydrogen) atoms. The molecule has 3 aliphatic rings. The maximum Gasteiger partial charge on any atom is 0.201 e. The second-order valence-corrected chi connectivity index (χ2v) is 12.1. The minimum atomic E-state index is -0.0873. The van der Waals surface area contributed by atoms with Gasteiger partial charge < -0.3 is 29.2 Å². The predicted molar refractivity (Wildman–Crippen MR) is 168 cm³/mol. The Morgan fingerprint density at radius 3 is 2.23 bits per heavy atom. The van der Waals surface area contributed by atoms with Crippen molar-refractivity contribution in [2.45, 2.75) is 37.8 Å². The molecule has 0 spiro atoms. The van der Waals surface area contributed by atoms with Crippen molar-refractivity contribution >= 4 is 0 Å². The molecular weight excluding hydrogens is 556 g/mol. The fraction of sp³-hybridized carbons (Fsp3) is 0.333. The number of nitrogens with zero attached hydrogens (tertiary/aromatic N) is 2. The van der Waals surface area contributed by atoms with Gasteiger partial charge >= 0.3 is 0 Å². The van der Waals surface area contributed by atoms with Crippen LogP contribution in [0.15, 0.2) is 60.7 Å². The molecule has 8 nitrogen and oxygen atoms in total. The van der Waals surface area contributed by atoms with Gasteiger partial charge in [-0.25, -0.2) is 0 Å². The van der Waals surface area contributed by atoms with Gasteiger partial charge in [0.25, 0.3) is 0 Å². The van der Waals surface area contributed by atoms with Crippen LogP contribution in [0.3, 0.4) is 0 Å². The van der Waals surface area contributed by atoms with E-state index in [9.17, 15) is 10.2 Å². The summed E-state index contributed by atoms with van der Waals surface area (Å²) in [5, 5.41) is 22.3. The molecule has 3 aliphatic heterocycles. The molecule has 0 aliphatic carbocycles. The van der Waals surface area contributed by atoms with Gasteiger partial charge in [0.1, 0.15) is 5.75 Å². The summed E-state index contributed by atoms with van der Waals surface area (Å²) in [5.74, 6) is 3.10. The van der Waals surface area contributed by atoms with Crippen LogP contribution in [0, 0.1) is 0 Å². The lowest BCUT2D eigenvalue weighted by atomic mass is 9.87. The third-order valence-electron chi connectivity index (χ3n) is 9.43. The minimum Gasteiger partial charge on any atom is -0.504 e. The van der Waals surface area contributed by atoms with Crippen molar-refractivity contribution in [3.8, 4) is 46.0 Å². The summed E-state index contributed by atoms with van der Waals surface area (Å²) >= 11 is 0. The van der Waals surface area contributed by atoms with Crippen LogP contribution in [0.4, 0.5) is 0 Å². The van der Waals surface area contributed by atoms with E-state index in [4.69, 9.17) is 18.9 Å². The lowest BCUT2D eigenvalue weighted by molar-refractivity contribution is 0.220. The van der Waals surface area contributed by atoms with Crippen LogP contribution >= 0.6 is 0 Å². The van der Waals surface area contributed by atoms with Crippen molar-refractivity contribution in [1.82, 2.24) is 9.80 Å². The number of fused-ring (bicyclic) bond motifs is 5. The van der Waals surface area contributed by atoms with E-state index < -0.39 is 0 Å². The Balaban J connectivity index is 1.47. The van der Waals surface area contributed by atoms with Crippen LogP contribution in [0.1, 0.15) is 45.5 Å². The van der Waals surface area contributed by atoms with E-state index in [-0.39, 0.29) is 23.6 Å². The van der Waals surface area contributed by atoms with Crippen LogP contribution in [0.25, 0.3) is 0 Å². The molecule has 0 radical (unpaired) electrons. The molecule has 0 saturated carbocycles. The maximum absolute atomic E-state index is 11.6. The standard InChI is InChI=1S/C36H38N2O6/c1-37-12-10-23-18-31(41-3)32-20-26(23)27(37)15-22-8-9-29(39)30(17-22)43-25-7-5-6-21(14-25)16-28-34-24(11-13-38(28)2)19-33(42-4)35(40)36(34)44-32/h5-9,14,17-20,27-28,39-40H,10-13,15-16H2,1-4H3/t27-,28+/m1/s1. The van der Waals surface area contributed by atoms with E-state index in [0.717, 1.165) is 53.7 Å². The molecule has 8 heteroatoms. The molecule has 3 heterocycles. The Bertz CT molecular complexity index is 1740. The first kappa shape index (κ1) is 28.4. The number of rotatable bonds is 2. The first-order valence-corrected chi connectivity index (χ1v) is 15.1. The van der Waals surface area contributed by atoms with Gasteiger partial charge in [-0.15, -0.1) is 0 Å². The average molecular weight is 595 g/mol. The van der Waals surface area contributed by atoms with E-state index in [0.29, 0.717) is 47.3 Å². The van der Waals surface area contributed by atoms with Crippen molar-refractivity contribution in [3.05, 3.63) is 94.0 Å². The first-order valence-electron chi connectivity index (χ1n) is 15.1. The zero-order valence-electron chi connectivity index (χ0n) is 25.6. The lowest BCUT2D eigenvalue weighted by Gasteiger charge is -2.37. The monoisotopic (exact) mass is 594 g/mol. The molecule has 2 atom stereocenters. The molecule has 4 aromatic rings. The van der Waals surface area contributed by atoms with E-state index in [1.165, 1.54) is 5.56 Å². The second kappa shape index (κ2) is 11.3. The summed E-state index contributed by atoms with van der Waals surface area (Å²) in [6, 6.07) is 19.6. The third kappa shape index (κ3) is 4.98. The number of phenolic OH excluding ortho intramolecular Hbond substituents is 2. The van der Waals surface area contributed by atoms with Crippen molar-refractivity contribution in [1.29, 1.82) is 0 Å². The van der Waals surface area contributed by atoms with Gasteiger partial charge in [-0.1, -0.05) is 18.2 Å². The van der Waals surface area contributed by atoms with Gasteiger partial charge in [-0.3, -0.25) is 9.80 Å². The maximum atomic E-state index is 11.6. The van der Waals surface area contributed by atoms with Crippen molar-refractivity contribution < 1.29 is 29.2 Å². The summed E-state index contributed by atoms with van der Waals surface area (Å²) in [4.78, 5) is 4.65. The van der Waals surface area contributed by atoms with E-state index >= 15 is 0 Å². The minimum absolute atomic E-state index is 0.0264. The summed E-state index contributed by atoms with van der Waals surface area (Å²) in [7, 11) is 7.45. The Morgan fingerprint density at radius 2 is 1.43 bits per heavy atom. The van der Waals surface area contributed by atoms with Gasteiger partial charge in [0.15, 0.2) is 34.5 Å². The van der Waals surface area contributed by atoms with E-state index in [2.05, 4.69) is 42.1 Å². The number of phenols is 2. The van der Waals surface area contributed by atoms with Crippen LogP contribution in [-0.4, -0.2) is 61.4 Å². The predicted octanol–water partition coefficient (Wildman–Crippen LogP) is 6.56. The van der Waals surface area contributed by atoms with E-state index in [1.54, 1.807) is 20.3 Å². The molecule has 0 saturated heterocycles. The summed E-state index contributed by atoms with van der Waals surface area (Å²) in [6.45, 7) is 1.74. The fourth-order valence-electron chi connectivity index (χ4n) is 6.98. The first-order chi connectivity index (χ1) is 21.3. The molecule has 0 aromatic heterocycles. The Hall–Kier alpha value is -4.40. The molecular formula is C36H38N2O6. The summed E-state index contributed by atoms with van der Waals surface area (Å²) < 4.78 is 24.6. The smallest absolute Gasteiger partial charge is 0.201 e. The highest BCUT2D eigenvalue weighted by molar-refractivity contribution is 5.63. The molecule has 2 N–H and O–H groups in total. The van der Waals surface area contributed by atoms with Crippen molar-refractivity contribution in [2.24, 2.45) is 0 Å². The van der Waals surface area contributed by atoms with Crippen LogP contribution < -0.4 is 18.9 Å². The van der Waals surface area contributed by atoms with Crippen molar-refractivity contribution in [2.75, 3.05) is 41.4 Å². The van der Waals surface area contributed by atoms with Gasteiger partial charge in [-0.05, 0) is 110 Å². The van der Waals surface area contributed by atoms with Crippen LogP contribution in [-0.2, 0) is 25.7 Å².